The van der Waals surface area contributed by atoms with Crippen molar-refractivity contribution >= 4 is 5.97 Å². The molecule has 0 saturated heterocycles. The molecule has 130 valence electrons. The number of aliphatic hydroxyl groups is 2. The molecule has 1 aromatic carbocycles. The minimum absolute atomic E-state index is 0.0619. The van der Waals surface area contributed by atoms with E-state index >= 15 is 0 Å². The maximum absolute atomic E-state index is 10.3. The Labute approximate surface area is 142 Å². The fourth-order valence-electron chi connectivity index (χ4n) is 1.83. The van der Waals surface area contributed by atoms with Gasteiger partial charge in [0.05, 0.1) is 6.10 Å². The molecular weight excluding hydrogens is 308 g/mol. The summed E-state index contributed by atoms with van der Waals surface area (Å²) in [6, 6.07) is 9.27. The van der Waals surface area contributed by atoms with Gasteiger partial charge in [0, 0.05) is 6.42 Å². The summed E-state index contributed by atoms with van der Waals surface area (Å²) in [7, 11) is 0. The summed E-state index contributed by atoms with van der Waals surface area (Å²) in [5, 5.41) is 27.8. The van der Waals surface area contributed by atoms with Crippen molar-refractivity contribution in [1.29, 1.82) is 0 Å². The molecule has 0 aliphatic heterocycles. The van der Waals surface area contributed by atoms with Crippen LogP contribution in [0.4, 0.5) is 0 Å². The molecule has 1 rings (SSSR count). The molecule has 0 fully saturated rings. The van der Waals surface area contributed by atoms with Crippen molar-refractivity contribution in [3.8, 4) is 5.75 Å². The van der Waals surface area contributed by atoms with E-state index in [1.54, 1.807) is 36.5 Å². The summed E-state index contributed by atoms with van der Waals surface area (Å²) in [5.74, 6) is -0.147. The van der Waals surface area contributed by atoms with Crippen LogP contribution in [0.5, 0.6) is 5.75 Å². The molecule has 0 aliphatic carbocycles. The van der Waals surface area contributed by atoms with Crippen molar-refractivity contribution in [3.05, 3.63) is 66.8 Å². The lowest BCUT2D eigenvalue weighted by molar-refractivity contribution is -0.137. The van der Waals surface area contributed by atoms with E-state index in [1.165, 1.54) is 0 Å². The number of carboxylic acids is 1. The second-order valence-corrected chi connectivity index (χ2v) is 5.20. The van der Waals surface area contributed by atoms with Crippen LogP contribution >= 0.6 is 0 Å². The summed E-state index contributed by atoms with van der Waals surface area (Å²) < 4.78 is 5.42. The molecule has 0 saturated carbocycles. The van der Waals surface area contributed by atoms with Gasteiger partial charge >= 0.3 is 5.97 Å². The minimum atomic E-state index is -0.856. The van der Waals surface area contributed by atoms with Gasteiger partial charge in [-0.1, -0.05) is 54.7 Å². The molecule has 0 amide bonds. The van der Waals surface area contributed by atoms with Crippen molar-refractivity contribution in [2.75, 3.05) is 6.61 Å². The Morgan fingerprint density at radius 3 is 2.25 bits per heavy atom. The van der Waals surface area contributed by atoms with Gasteiger partial charge in [0.15, 0.2) is 0 Å². The first-order valence-electron chi connectivity index (χ1n) is 7.85. The van der Waals surface area contributed by atoms with Gasteiger partial charge in [-0.15, -0.1) is 0 Å². The zero-order chi connectivity index (χ0) is 17.6. The molecule has 0 aliphatic rings. The van der Waals surface area contributed by atoms with Crippen LogP contribution in [-0.4, -0.2) is 40.1 Å². The van der Waals surface area contributed by atoms with Gasteiger partial charge in [0.1, 0.15) is 18.5 Å². The van der Waals surface area contributed by atoms with Crippen LogP contribution in [0.1, 0.15) is 19.3 Å². The van der Waals surface area contributed by atoms with Crippen LogP contribution in [0, 0.1) is 0 Å². The number of aliphatic hydroxyl groups excluding tert-OH is 2. The number of rotatable bonds is 11. The first kappa shape index (κ1) is 19.7. The molecule has 0 radical (unpaired) electrons. The van der Waals surface area contributed by atoms with Gasteiger partial charge in [-0.25, -0.2) is 0 Å². The van der Waals surface area contributed by atoms with Gasteiger partial charge in [-0.3, -0.25) is 4.79 Å². The number of benzene rings is 1. The fourth-order valence-corrected chi connectivity index (χ4v) is 1.83. The van der Waals surface area contributed by atoms with Gasteiger partial charge in [-0.2, -0.15) is 0 Å². The van der Waals surface area contributed by atoms with Gasteiger partial charge < -0.3 is 20.1 Å². The Bertz CT molecular complexity index is 548. The van der Waals surface area contributed by atoms with Crippen molar-refractivity contribution in [3.63, 3.8) is 0 Å². The van der Waals surface area contributed by atoms with Crippen molar-refractivity contribution in [2.45, 2.75) is 31.5 Å². The molecule has 2 unspecified atom stereocenters. The molecular formula is C19H24O5. The molecule has 1 aromatic rings. The number of carbonyl (C=O) groups is 1. The Kier molecular flexibility index (Phi) is 9.92. The molecule has 5 nitrogen and oxygen atoms in total. The van der Waals surface area contributed by atoms with E-state index in [0.29, 0.717) is 18.6 Å². The average molecular weight is 332 g/mol. The lowest BCUT2D eigenvalue weighted by Crippen LogP contribution is -2.14. The molecule has 3 N–H and O–H groups in total. The molecule has 24 heavy (non-hydrogen) atoms. The summed E-state index contributed by atoms with van der Waals surface area (Å²) in [6.07, 6.45) is 9.60. The van der Waals surface area contributed by atoms with Crippen LogP contribution in [0.3, 0.4) is 0 Å². The van der Waals surface area contributed by atoms with E-state index in [1.807, 2.05) is 30.3 Å². The monoisotopic (exact) mass is 332 g/mol. The van der Waals surface area contributed by atoms with E-state index in [4.69, 9.17) is 9.84 Å². The highest BCUT2D eigenvalue weighted by molar-refractivity contribution is 5.66. The average Bonchev–Trinajstić information content (AvgIpc) is 2.56. The molecule has 2 atom stereocenters. The van der Waals surface area contributed by atoms with E-state index in [9.17, 15) is 15.0 Å². The maximum Gasteiger partial charge on any atom is 0.303 e. The van der Waals surface area contributed by atoms with Crippen LogP contribution in [0.2, 0.25) is 0 Å². The van der Waals surface area contributed by atoms with E-state index in [0.717, 1.165) is 0 Å². The number of aliphatic carboxylic acids is 1. The first-order chi connectivity index (χ1) is 11.6. The quantitative estimate of drug-likeness (QED) is 0.542. The van der Waals surface area contributed by atoms with Crippen LogP contribution in [0.15, 0.2) is 66.8 Å². The Morgan fingerprint density at radius 1 is 1.00 bits per heavy atom. The molecule has 0 heterocycles. The van der Waals surface area contributed by atoms with Crippen LogP contribution in [0.25, 0.3) is 0 Å². The highest BCUT2D eigenvalue weighted by Crippen LogP contribution is 2.08. The van der Waals surface area contributed by atoms with Crippen molar-refractivity contribution in [2.24, 2.45) is 0 Å². The number of carboxylic acid groups (broad SMARTS) is 1. The maximum atomic E-state index is 10.3. The molecule has 0 aromatic heterocycles. The first-order valence-corrected chi connectivity index (χ1v) is 7.85. The van der Waals surface area contributed by atoms with Gasteiger partial charge in [0.2, 0.25) is 0 Å². The topological polar surface area (TPSA) is 87.0 Å². The molecule has 0 bridgehead atoms. The number of hydrogen-bond acceptors (Lipinski definition) is 4. The highest BCUT2D eigenvalue weighted by atomic mass is 16.5. The lowest BCUT2D eigenvalue weighted by atomic mass is 10.1. The summed E-state index contributed by atoms with van der Waals surface area (Å²) >= 11 is 0. The highest BCUT2D eigenvalue weighted by Gasteiger charge is 2.01. The van der Waals surface area contributed by atoms with E-state index in [-0.39, 0.29) is 13.0 Å². The normalized spacial score (nSPS) is 14.4. The Balaban J connectivity index is 2.19. The second kappa shape index (κ2) is 12.1. The number of hydrogen-bond donors (Lipinski definition) is 3. The zero-order valence-corrected chi connectivity index (χ0v) is 13.5. The van der Waals surface area contributed by atoms with Crippen molar-refractivity contribution in [1.82, 2.24) is 0 Å². The third-order valence-corrected chi connectivity index (χ3v) is 3.05. The van der Waals surface area contributed by atoms with E-state index < -0.39 is 18.2 Å². The number of para-hydroxylation sites is 1. The standard InChI is InChI=1S/C19H24O5/c20-16(11-8-14-19(22)23)9-4-1-2-5-10-17(21)15-24-18-12-6-3-7-13-18/h1-7,9-10,12-13,16-17,20-21H,8,11,14-15H2,(H,22,23)/b2-1+,9-4-,10-5+. The zero-order valence-electron chi connectivity index (χ0n) is 13.5. The second-order valence-electron chi connectivity index (χ2n) is 5.20. The summed E-state index contributed by atoms with van der Waals surface area (Å²) in [6.45, 7) is 0.173. The smallest absolute Gasteiger partial charge is 0.303 e. The molecule has 5 heteroatoms. The third kappa shape index (κ3) is 10.4. The predicted molar refractivity (Wildman–Crippen MR) is 92.9 cm³/mol. The Morgan fingerprint density at radius 2 is 1.62 bits per heavy atom. The predicted octanol–water partition coefficient (Wildman–Crippen LogP) is 2.71. The number of ether oxygens (including phenoxy) is 1. The van der Waals surface area contributed by atoms with E-state index in [2.05, 4.69) is 0 Å². The molecule has 0 spiro atoms. The van der Waals surface area contributed by atoms with Gasteiger partial charge in [-0.05, 0) is 25.0 Å². The SMILES string of the molecule is O=C(O)CCCC(O)\C=C/C=C/C=C/C(O)COc1ccccc1. The Hall–Kier alpha value is -2.37. The number of allylic oxidation sites excluding steroid dienone is 4. The summed E-state index contributed by atoms with van der Waals surface area (Å²) in [4.78, 5) is 10.3. The largest absolute Gasteiger partial charge is 0.491 e. The van der Waals surface area contributed by atoms with Gasteiger partial charge in [0.25, 0.3) is 0 Å². The minimum Gasteiger partial charge on any atom is -0.491 e. The third-order valence-electron chi connectivity index (χ3n) is 3.05. The van der Waals surface area contributed by atoms with Crippen LogP contribution in [-0.2, 0) is 4.79 Å². The van der Waals surface area contributed by atoms with Crippen molar-refractivity contribution < 1.29 is 24.9 Å². The fraction of sp³-hybridized carbons (Fsp3) is 0.316. The summed E-state index contributed by atoms with van der Waals surface area (Å²) in [5.41, 5.74) is 0. The van der Waals surface area contributed by atoms with Crippen LogP contribution < -0.4 is 4.74 Å². The lowest BCUT2D eigenvalue weighted by Gasteiger charge is -2.08.